The lowest BCUT2D eigenvalue weighted by Crippen LogP contribution is -2.47. The van der Waals surface area contributed by atoms with Gasteiger partial charge in [0.2, 0.25) is 0 Å². The van der Waals surface area contributed by atoms with Gasteiger partial charge < -0.3 is 19.9 Å². The molecular weight excluding hydrogens is 698 g/mol. The van der Waals surface area contributed by atoms with Crippen molar-refractivity contribution in [2.24, 2.45) is 0 Å². The van der Waals surface area contributed by atoms with Crippen LogP contribution < -0.4 is 15.9 Å². The molecule has 0 bridgehead atoms. The van der Waals surface area contributed by atoms with Gasteiger partial charge in [-0.25, -0.2) is 14.8 Å². The number of anilines is 1. The zero-order valence-corrected chi connectivity index (χ0v) is 29.8. The van der Waals surface area contributed by atoms with Crippen molar-refractivity contribution < 1.29 is 14.3 Å². The van der Waals surface area contributed by atoms with Gasteiger partial charge in [-0.1, -0.05) is 40.2 Å². The summed E-state index contributed by atoms with van der Waals surface area (Å²) in [5, 5.41) is 3.08. The molecule has 2 aromatic heterocycles. The van der Waals surface area contributed by atoms with E-state index in [1.165, 1.54) is 10.9 Å². The number of imidazole rings is 1. The second-order valence-electron chi connectivity index (χ2n) is 12.8. The number of amides is 2. The summed E-state index contributed by atoms with van der Waals surface area (Å²) < 4.78 is 9.76. The molecule has 7 rings (SSSR count). The molecule has 1 saturated heterocycles. The third kappa shape index (κ3) is 6.48. The molecule has 2 amide bonds. The highest BCUT2D eigenvalue weighted by atomic mass is 79.9. The molecule has 0 aliphatic carbocycles. The van der Waals surface area contributed by atoms with E-state index in [1.807, 2.05) is 80.6 Å². The lowest BCUT2D eigenvalue weighted by atomic mass is 10.0. The maximum atomic E-state index is 14.4. The van der Waals surface area contributed by atoms with Crippen molar-refractivity contribution >= 4 is 33.4 Å². The third-order valence-electron chi connectivity index (χ3n) is 9.45. The Morgan fingerprint density at radius 2 is 1.78 bits per heavy atom. The quantitative estimate of drug-likeness (QED) is 0.239. The third-order valence-corrected chi connectivity index (χ3v) is 10.3. The monoisotopic (exact) mass is 735 g/mol. The normalized spacial score (nSPS) is 17.4. The number of morpholine rings is 1. The molecule has 0 spiro atoms. The SMILES string of the molecule is Cc1cc(C(=O)N2Cc3c(C(=O)NCc4ccccc4-c4ccncn4)n(-c4ccc(N5CCOC(C)C5)cc4)c(=O)n3C[C@H]2C)ccc1Br. The Bertz CT molecular complexity index is 2110. The van der Waals surface area contributed by atoms with E-state index in [0.717, 1.165) is 45.6 Å². The summed E-state index contributed by atoms with van der Waals surface area (Å²) in [5.74, 6) is -0.574. The number of ether oxygens (including phenoxy) is 1. The van der Waals surface area contributed by atoms with Crippen LogP contribution in [0.2, 0.25) is 0 Å². The van der Waals surface area contributed by atoms with Gasteiger partial charge in [-0.15, -0.1) is 0 Å². The minimum atomic E-state index is -0.416. The fourth-order valence-electron chi connectivity index (χ4n) is 6.80. The Balaban J connectivity index is 1.26. The number of rotatable bonds is 7. The van der Waals surface area contributed by atoms with E-state index in [2.05, 4.69) is 43.0 Å². The average molecular weight is 737 g/mol. The Kier molecular flexibility index (Phi) is 9.39. The Labute approximate surface area is 298 Å². The fourth-order valence-corrected chi connectivity index (χ4v) is 7.05. The maximum Gasteiger partial charge on any atom is 0.333 e. The molecular formula is C38H38BrN7O4. The molecule has 1 unspecified atom stereocenters. The maximum absolute atomic E-state index is 14.4. The van der Waals surface area contributed by atoms with Crippen molar-refractivity contribution in [3.63, 3.8) is 0 Å². The van der Waals surface area contributed by atoms with Gasteiger partial charge in [0.05, 0.1) is 36.3 Å². The van der Waals surface area contributed by atoms with E-state index in [9.17, 15) is 14.4 Å². The summed E-state index contributed by atoms with van der Waals surface area (Å²) in [6, 6.07) is 22.5. The van der Waals surface area contributed by atoms with Gasteiger partial charge in [0.25, 0.3) is 11.8 Å². The first-order chi connectivity index (χ1) is 24.2. The second-order valence-corrected chi connectivity index (χ2v) is 13.7. The number of aromatic nitrogens is 4. The number of halogens is 1. The number of benzene rings is 3. The molecule has 3 aromatic carbocycles. The van der Waals surface area contributed by atoms with E-state index in [1.54, 1.807) is 21.7 Å². The first-order valence-corrected chi connectivity index (χ1v) is 17.5. The number of aryl methyl sites for hydroxylation is 1. The summed E-state index contributed by atoms with van der Waals surface area (Å²) in [6.45, 7) is 8.65. The van der Waals surface area contributed by atoms with Crippen LogP contribution in [0.4, 0.5) is 5.69 Å². The molecule has 1 fully saturated rings. The molecule has 2 atom stereocenters. The first-order valence-electron chi connectivity index (χ1n) is 16.7. The van der Waals surface area contributed by atoms with Gasteiger partial charge in [-0.3, -0.25) is 18.7 Å². The molecule has 0 saturated carbocycles. The van der Waals surface area contributed by atoms with E-state index >= 15 is 0 Å². The smallest absolute Gasteiger partial charge is 0.333 e. The van der Waals surface area contributed by atoms with Crippen LogP contribution in [-0.2, 0) is 24.4 Å². The van der Waals surface area contributed by atoms with Crippen LogP contribution in [0.25, 0.3) is 16.9 Å². The number of hydrogen-bond acceptors (Lipinski definition) is 7. The van der Waals surface area contributed by atoms with Crippen LogP contribution in [-0.4, -0.2) is 67.7 Å². The van der Waals surface area contributed by atoms with Crippen molar-refractivity contribution in [2.75, 3.05) is 24.6 Å². The first kappa shape index (κ1) is 33.4. The van der Waals surface area contributed by atoms with Crippen LogP contribution in [0.15, 0.2) is 94.6 Å². The van der Waals surface area contributed by atoms with E-state index in [0.29, 0.717) is 23.6 Å². The number of nitrogens with zero attached hydrogens (tertiary/aromatic N) is 6. The Hall–Kier alpha value is -5.07. The second kappa shape index (κ2) is 14.0. The van der Waals surface area contributed by atoms with Gasteiger partial charge in [0.15, 0.2) is 0 Å². The van der Waals surface area contributed by atoms with Crippen molar-refractivity contribution in [1.29, 1.82) is 0 Å². The van der Waals surface area contributed by atoms with Crippen molar-refractivity contribution in [3.8, 4) is 16.9 Å². The largest absolute Gasteiger partial charge is 0.375 e. The standard InChI is InChI=1S/C38H38BrN7O4/c1-24-18-27(8-13-32(24)39)37(48)44-22-34-35(36(47)41-19-28-6-4-5-7-31(28)33-14-15-40-23-42-33)46(38(49)45(34)20-25(44)2)30-11-9-29(10-12-30)43-16-17-50-26(3)21-43/h4-15,18,23,25-26H,16-17,19-22H2,1-3H3,(H,41,47)/t25-,26?/m1/s1. The highest BCUT2D eigenvalue weighted by molar-refractivity contribution is 9.10. The lowest BCUT2D eigenvalue weighted by Gasteiger charge is -2.34. The minimum absolute atomic E-state index is 0.0986. The molecule has 4 heterocycles. The molecule has 12 heteroatoms. The summed E-state index contributed by atoms with van der Waals surface area (Å²) >= 11 is 3.52. The van der Waals surface area contributed by atoms with Gasteiger partial charge >= 0.3 is 5.69 Å². The molecule has 50 heavy (non-hydrogen) atoms. The number of fused-ring (bicyclic) bond motifs is 1. The van der Waals surface area contributed by atoms with Crippen LogP contribution in [0.1, 0.15) is 51.5 Å². The summed E-state index contributed by atoms with van der Waals surface area (Å²) in [7, 11) is 0. The van der Waals surface area contributed by atoms with Gasteiger partial charge in [0, 0.05) is 59.7 Å². The molecule has 2 aliphatic heterocycles. The summed E-state index contributed by atoms with van der Waals surface area (Å²) in [6.07, 6.45) is 3.29. The van der Waals surface area contributed by atoms with Crippen LogP contribution in [0, 0.1) is 6.92 Å². The topological polar surface area (TPSA) is 115 Å². The number of hydrogen-bond donors (Lipinski definition) is 1. The molecule has 256 valence electrons. The van der Waals surface area contributed by atoms with Crippen molar-refractivity contribution in [2.45, 2.75) is 52.6 Å². The molecule has 2 aliphatic rings. The zero-order chi connectivity index (χ0) is 34.9. The Morgan fingerprint density at radius 1 is 1.00 bits per heavy atom. The van der Waals surface area contributed by atoms with E-state index < -0.39 is 5.91 Å². The van der Waals surface area contributed by atoms with Crippen LogP contribution in [0.3, 0.4) is 0 Å². The van der Waals surface area contributed by atoms with Crippen LogP contribution >= 0.6 is 15.9 Å². The number of carbonyl (C=O) groups is 2. The van der Waals surface area contributed by atoms with Crippen molar-refractivity contribution in [1.82, 2.24) is 29.3 Å². The number of carbonyl (C=O) groups excluding carboxylic acids is 2. The summed E-state index contributed by atoms with van der Waals surface area (Å²) in [5.41, 5.74) is 5.93. The predicted molar refractivity (Wildman–Crippen MR) is 195 cm³/mol. The molecule has 1 N–H and O–H groups in total. The minimum Gasteiger partial charge on any atom is -0.375 e. The van der Waals surface area contributed by atoms with E-state index in [4.69, 9.17) is 4.74 Å². The molecule has 0 radical (unpaired) electrons. The van der Waals surface area contributed by atoms with Crippen molar-refractivity contribution in [3.05, 3.63) is 128 Å². The van der Waals surface area contributed by atoms with Gasteiger partial charge in [-0.2, -0.15) is 0 Å². The predicted octanol–water partition coefficient (Wildman–Crippen LogP) is 5.37. The van der Waals surface area contributed by atoms with Gasteiger partial charge in [0.1, 0.15) is 12.0 Å². The van der Waals surface area contributed by atoms with Crippen LogP contribution in [0.5, 0.6) is 0 Å². The fraction of sp³-hybridized carbons (Fsp3) is 0.289. The molecule has 11 nitrogen and oxygen atoms in total. The van der Waals surface area contributed by atoms with Gasteiger partial charge in [-0.05, 0) is 80.4 Å². The average Bonchev–Trinajstić information content (AvgIpc) is 3.42. The summed E-state index contributed by atoms with van der Waals surface area (Å²) in [4.78, 5) is 55.0. The van der Waals surface area contributed by atoms with E-state index in [-0.39, 0.29) is 49.1 Å². The molecule has 5 aromatic rings. The number of nitrogens with one attached hydrogen (secondary N) is 1. The lowest BCUT2D eigenvalue weighted by molar-refractivity contribution is 0.0532. The zero-order valence-electron chi connectivity index (χ0n) is 28.2. The highest BCUT2D eigenvalue weighted by Crippen LogP contribution is 2.28. The highest BCUT2D eigenvalue weighted by Gasteiger charge is 2.35. The Morgan fingerprint density at radius 3 is 2.52 bits per heavy atom.